The zero-order valence-electron chi connectivity index (χ0n) is 21.3. The van der Waals surface area contributed by atoms with Crippen LogP contribution in [0.4, 0.5) is 0 Å². The number of ether oxygens (including phenoxy) is 1. The third-order valence-electron chi connectivity index (χ3n) is 10.5. The number of aliphatic hydroxyl groups is 1. The van der Waals surface area contributed by atoms with Gasteiger partial charge in [0.1, 0.15) is 6.10 Å². The average Bonchev–Trinajstić information content (AvgIpc) is 3.52. The van der Waals surface area contributed by atoms with Crippen molar-refractivity contribution in [1.29, 1.82) is 0 Å². The number of phenolic OH excluding ortho intramolecular Hbond substituents is 1. The highest BCUT2D eigenvalue weighted by Gasteiger charge is 2.85. The summed E-state index contributed by atoms with van der Waals surface area (Å²) in [5.74, 6) is 1.81. The third-order valence-corrected chi connectivity index (χ3v) is 10.5. The fourth-order valence-corrected chi connectivity index (χ4v) is 8.83. The summed E-state index contributed by atoms with van der Waals surface area (Å²) in [5.41, 5.74) is 2.45. The minimum atomic E-state index is -0.902. The number of carbonyl (C=O) groups is 1. The molecule has 192 valence electrons. The van der Waals surface area contributed by atoms with Gasteiger partial charge in [0.2, 0.25) is 5.91 Å². The Balaban J connectivity index is 1.18. The molecule has 0 aromatic heterocycles. The summed E-state index contributed by atoms with van der Waals surface area (Å²) in [5, 5.41) is 23.4. The molecule has 3 saturated carbocycles. The van der Waals surface area contributed by atoms with E-state index in [9.17, 15) is 15.0 Å². The first kappa shape index (κ1) is 22.2. The third kappa shape index (κ3) is 2.70. The lowest BCUT2D eigenvalue weighted by Crippen LogP contribution is -2.92. The molecule has 3 aliphatic heterocycles. The number of phenols is 1. The summed E-state index contributed by atoms with van der Waals surface area (Å²) >= 11 is 0. The van der Waals surface area contributed by atoms with Crippen LogP contribution in [0, 0.1) is 18.8 Å². The van der Waals surface area contributed by atoms with Crippen LogP contribution in [0.15, 0.2) is 48.0 Å². The average molecular weight is 499 g/mol. The molecule has 6 heteroatoms. The number of hydrogen-bond donors (Lipinski definition) is 2. The van der Waals surface area contributed by atoms with E-state index in [0.29, 0.717) is 31.6 Å². The zero-order valence-corrected chi connectivity index (χ0v) is 21.3. The Kier molecular flexibility index (Phi) is 4.43. The molecule has 2 N–H and O–H groups in total. The number of amides is 1. The summed E-state index contributed by atoms with van der Waals surface area (Å²) in [6.45, 7) is 4.77. The van der Waals surface area contributed by atoms with E-state index in [1.54, 1.807) is 6.07 Å². The van der Waals surface area contributed by atoms with Gasteiger partial charge in [-0.25, -0.2) is 0 Å². The van der Waals surface area contributed by atoms with Gasteiger partial charge in [-0.05, 0) is 68.2 Å². The van der Waals surface area contributed by atoms with E-state index < -0.39 is 11.0 Å². The predicted molar refractivity (Wildman–Crippen MR) is 139 cm³/mol. The lowest BCUT2D eigenvalue weighted by molar-refractivity contribution is -0.321. The second kappa shape index (κ2) is 7.39. The highest BCUT2D eigenvalue weighted by Crippen LogP contribution is 2.73. The first-order valence-corrected chi connectivity index (χ1v) is 14.0. The number of likely N-dealkylation sites (tertiary alicyclic amines) is 2. The van der Waals surface area contributed by atoms with Gasteiger partial charge in [-0.1, -0.05) is 36.4 Å². The molecule has 6 nitrogen and oxygen atoms in total. The number of carbonyl (C=O) groups excluding carboxylic acids is 1. The largest absolute Gasteiger partial charge is 0.504 e. The van der Waals surface area contributed by atoms with Crippen LogP contribution in [0.25, 0.3) is 6.08 Å². The minimum absolute atomic E-state index is 0.0785. The van der Waals surface area contributed by atoms with Gasteiger partial charge in [-0.2, -0.15) is 0 Å². The fourth-order valence-electron chi connectivity index (χ4n) is 8.83. The van der Waals surface area contributed by atoms with Crippen molar-refractivity contribution in [3.8, 4) is 11.5 Å². The Hall–Kier alpha value is -2.83. The molecule has 2 aromatic carbocycles. The van der Waals surface area contributed by atoms with Gasteiger partial charge in [0.25, 0.3) is 0 Å². The molecule has 8 rings (SSSR count). The minimum Gasteiger partial charge on any atom is -0.504 e. The monoisotopic (exact) mass is 498 g/mol. The molecule has 37 heavy (non-hydrogen) atoms. The SMILES string of the molecule is Cc1ccc(O)c2c1[C@]13C4CN(CC5CC5)[C@H]4[C@]1(O)CC[C@H](N1CC/C(=C\c4ccccc4)C1=O)[C@@H]3O2. The van der Waals surface area contributed by atoms with Gasteiger partial charge in [0.15, 0.2) is 11.5 Å². The molecule has 0 bridgehead atoms. The number of piperidine rings is 1. The number of aryl methyl sites for hydroxylation is 1. The van der Waals surface area contributed by atoms with Crippen molar-refractivity contribution in [3.05, 3.63) is 64.7 Å². The van der Waals surface area contributed by atoms with E-state index in [2.05, 4.69) is 11.8 Å². The lowest BCUT2D eigenvalue weighted by atomic mass is 9.35. The van der Waals surface area contributed by atoms with E-state index >= 15 is 0 Å². The Morgan fingerprint density at radius 1 is 1.14 bits per heavy atom. The second-order valence-corrected chi connectivity index (χ2v) is 12.3. The number of fused-ring (bicyclic) bond motifs is 3. The molecule has 3 aliphatic carbocycles. The number of hydrogen-bond acceptors (Lipinski definition) is 5. The van der Waals surface area contributed by atoms with Crippen LogP contribution in [0.1, 0.15) is 48.8 Å². The first-order valence-electron chi connectivity index (χ1n) is 14.0. The summed E-state index contributed by atoms with van der Waals surface area (Å²) < 4.78 is 6.68. The maximum atomic E-state index is 13.7. The number of benzene rings is 2. The molecular formula is C31H34N2O4. The van der Waals surface area contributed by atoms with Gasteiger partial charge >= 0.3 is 0 Å². The van der Waals surface area contributed by atoms with E-state index in [0.717, 1.165) is 41.3 Å². The molecule has 6 aliphatic rings. The van der Waals surface area contributed by atoms with Crippen molar-refractivity contribution in [1.82, 2.24) is 9.80 Å². The molecule has 2 aromatic rings. The molecule has 6 atom stereocenters. The molecule has 0 radical (unpaired) electrons. The molecule has 3 heterocycles. The molecule has 5 fully saturated rings. The van der Waals surface area contributed by atoms with Gasteiger partial charge < -0.3 is 19.8 Å². The van der Waals surface area contributed by atoms with Gasteiger partial charge in [-0.15, -0.1) is 0 Å². The van der Waals surface area contributed by atoms with Gasteiger partial charge in [0.05, 0.1) is 17.1 Å². The highest BCUT2D eigenvalue weighted by molar-refractivity contribution is 6.00. The topological polar surface area (TPSA) is 73.2 Å². The van der Waals surface area contributed by atoms with Crippen LogP contribution < -0.4 is 4.74 Å². The standard InChI is InChI=1S/C31H34N2O4/c1-18-7-10-24(34)26-25(18)31-22-17-32(16-20-8-9-20)27(22)30(31,36)13-11-23(28(31)37-26)33-14-12-21(29(33)35)15-19-5-3-2-4-6-19/h2-7,10,15,20,22-23,27-28,34,36H,8-9,11-14,16-17H2,1H3/b21-15+/t22?,23-,27+,28-,30+,31-/m0/s1. The van der Waals surface area contributed by atoms with E-state index in [1.165, 1.54) is 12.8 Å². The van der Waals surface area contributed by atoms with Crippen LogP contribution in [-0.4, -0.2) is 69.3 Å². The zero-order chi connectivity index (χ0) is 25.1. The number of nitrogens with zero attached hydrogens (tertiary/aromatic N) is 2. The van der Waals surface area contributed by atoms with Crippen LogP contribution in [0.5, 0.6) is 11.5 Å². The Morgan fingerprint density at radius 3 is 2.73 bits per heavy atom. The molecule has 1 spiro atoms. The van der Waals surface area contributed by atoms with E-state index in [-0.39, 0.29) is 35.8 Å². The second-order valence-electron chi connectivity index (χ2n) is 12.3. The Morgan fingerprint density at radius 2 is 1.95 bits per heavy atom. The summed E-state index contributed by atoms with van der Waals surface area (Å²) in [6, 6.07) is 13.7. The van der Waals surface area contributed by atoms with Crippen molar-refractivity contribution in [2.75, 3.05) is 19.6 Å². The number of rotatable bonds is 4. The number of aromatic hydroxyl groups is 1. The predicted octanol–water partition coefficient (Wildman–Crippen LogP) is 3.63. The van der Waals surface area contributed by atoms with E-state index in [1.807, 2.05) is 47.4 Å². The lowest BCUT2D eigenvalue weighted by Gasteiger charge is -2.78. The molecular weight excluding hydrogens is 464 g/mol. The fraction of sp³-hybridized carbons (Fsp3) is 0.516. The summed E-state index contributed by atoms with van der Waals surface area (Å²) in [4.78, 5) is 18.2. The normalized spacial score (nSPS) is 38.8. The van der Waals surface area contributed by atoms with Crippen molar-refractivity contribution in [2.24, 2.45) is 11.8 Å². The van der Waals surface area contributed by atoms with Crippen LogP contribution in [0.3, 0.4) is 0 Å². The van der Waals surface area contributed by atoms with E-state index in [4.69, 9.17) is 4.74 Å². The molecule has 1 unspecified atom stereocenters. The van der Waals surface area contributed by atoms with Crippen molar-refractivity contribution >= 4 is 12.0 Å². The maximum absolute atomic E-state index is 13.7. The molecule has 1 amide bonds. The van der Waals surface area contributed by atoms with Crippen molar-refractivity contribution in [3.63, 3.8) is 0 Å². The summed E-state index contributed by atoms with van der Waals surface area (Å²) in [7, 11) is 0. The van der Waals surface area contributed by atoms with Crippen LogP contribution in [0.2, 0.25) is 0 Å². The van der Waals surface area contributed by atoms with Gasteiger partial charge in [-0.3, -0.25) is 9.69 Å². The highest BCUT2D eigenvalue weighted by atomic mass is 16.5. The van der Waals surface area contributed by atoms with Crippen LogP contribution >= 0.6 is 0 Å². The van der Waals surface area contributed by atoms with Crippen LogP contribution in [-0.2, 0) is 10.2 Å². The summed E-state index contributed by atoms with van der Waals surface area (Å²) in [6.07, 6.45) is 6.34. The Bertz CT molecular complexity index is 1340. The first-order chi connectivity index (χ1) is 17.9. The van der Waals surface area contributed by atoms with Gasteiger partial charge in [0, 0.05) is 42.7 Å². The van der Waals surface area contributed by atoms with Crippen molar-refractivity contribution < 1.29 is 19.7 Å². The quantitative estimate of drug-likeness (QED) is 0.630. The molecule has 2 saturated heterocycles. The Labute approximate surface area is 217 Å². The smallest absolute Gasteiger partial charge is 0.250 e. The maximum Gasteiger partial charge on any atom is 0.250 e. The van der Waals surface area contributed by atoms with Crippen molar-refractivity contribution in [2.45, 2.75) is 68.2 Å².